The van der Waals surface area contributed by atoms with Crippen LogP contribution in [0.1, 0.15) is 10.4 Å². The summed E-state index contributed by atoms with van der Waals surface area (Å²) in [5.41, 5.74) is 1.68. The number of amides is 2. The molecule has 0 radical (unpaired) electrons. The number of carbonyl (C=O) groups is 2. The van der Waals surface area contributed by atoms with Gasteiger partial charge in [-0.3, -0.25) is 9.59 Å². The maximum atomic E-state index is 12.8. The van der Waals surface area contributed by atoms with Gasteiger partial charge in [0.25, 0.3) is 5.91 Å². The highest BCUT2D eigenvalue weighted by Crippen LogP contribution is 2.30. The van der Waals surface area contributed by atoms with Gasteiger partial charge in [0.15, 0.2) is 4.34 Å². The third-order valence-corrected chi connectivity index (χ3v) is 8.38. The molecule has 1 aliphatic rings. The second-order valence-corrected chi connectivity index (χ2v) is 10.6. The van der Waals surface area contributed by atoms with Crippen molar-refractivity contribution in [2.75, 3.05) is 31.2 Å². The zero-order valence-corrected chi connectivity index (χ0v) is 18.4. The number of aromatic nitrogens is 1. The van der Waals surface area contributed by atoms with E-state index >= 15 is 0 Å². The first-order valence-corrected chi connectivity index (χ1v) is 12.5. The van der Waals surface area contributed by atoms with Crippen LogP contribution in [0.3, 0.4) is 0 Å². The van der Waals surface area contributed by atoms with Crippen LogP contribution in [0.15, 0.2) is 51.7 Å². The first-order valence-electron chi connectivity index (χ1n) is 9.00. The fraction of sp³-hybridized carbons (Fsp3) is 0.211. The van der Waals surface area contributed by atoms with E-state index in [9.17, 15) is 18.0 Å². The van der Waals surface area contributed by atoms with Crippen molar-refractivity contribution in [2.24, 2.45) is 0 Å². The highest BCUT2D eigenvalue weighted by Gasteiger charge is 2.29. The maximum absolute atomic E-state index is 12.8. The van der Waals surface area contributed by atoms with Crippen LogP contribution in [0.2, 0.25) is 0 Å². The Balaban J connectivity index is 1.56. The molecule has 2 aromatic carbocycles. The van der Waals surface area contributed by atoms with E-state index in [1.165, 1.54) is 29.5 Å². The summed E-state index contributed by atoms with van der Waals surface area (Å²) in [6.45, 7) is 0.222. The molecular formula is C19H18N4O4S3. The van der Waals surface area contributed by atoms with Crippen molar-refractivity contribution in [1.82, 2.24) is 14.6 Å². The average molecular weight is 463 g/mol. The van der Waals surface area contributed by atoms with Crippen LogP contribution in [0, 0.1) is 0 Å². The number of benzene rings is 2. The van der Waals surface area contributed by atoms with Gasteiger partial charge >= 0.3 is 0 Å². The Hall–Kier alpha value is -2.47. The summed E-state index contributed by atoms with van der Waals surface area (Å²) >= 11 is 3.10. The van der Waals surface area contributed by atoms with E-state index in [2.05, 4.69) is 15.6 Å². The minimum Gasteiger partial charge on any atom is -0.354 e. The molecule has 0 unspecified atom stereocenters. The normalized spacial score (nSPS) is 15.2. The Kier molecular flexibility index (Phi) is 5.78. The van der Waals surface area contributed by atoms with Gasteiger partial charge < -0.3 is 10.6 Å². The highest BCUT2D eigenvalue weighted by molar-refractivity contribution is 8.00. The van der Waals surface area contributed by atoms with Crippen molar-refractivity contribution in [3.63, 3.8) is 0 Å². The minimum atomic E-state index is -3.87. The van der Waals surface area contributed by atoms with Crippen molar-refractivity contribution < 1.29 is 18.0 Å². The van der Waals surface area contributed by atoms with Crippen molar-refractivity contribution in [3.8, 4) is 0 Å². The van der Waals surface area contributed by atoms with E-state index in [1.807, 2.05) is 18.4 Å². The molecule has 0 aliphatic carbocycles. The number of fused-ring (bicyclic) bond motifs is 1. The van der Waals surface area contributed by atoms with Gasteiger partial charge in [-0.15, -0.1) is 11.3 Å². The van der Waals surface area contributed by atoms with Crippen LogP contribution in [-0.4, -0.2) is 55.4 Å². The van der Waals surface area contributed by atoms with Crippen molar-refractivity contribution in [2.45, 2.75) is 9.24 Å². The standard InChI is InChI=1S/C19H18N4O4S3/c1-28-19-22-15-6-5-13(10-16(15)29-19)21-18(25)12-3-2-4-14(9-12)30(26,27)23-8-7-20-17(24)11-23/h2-6,9-10H,7-8,11H2,1H3,(H,20,24)(H,21,25). The lowest BCUT2D eigenvalue weighted by atomic mass is 10.2. The number of anilines is 1. The molecule has 2 amide bonds. The van der Waals surface area contributed by atoms with Crippen LogP contribution in [0.4, 0.5) is 5.69 Å². The summed E-state index contributed by atoms with van der Waals surface area (Å²) < 4.78 is 28.7. The van der Waals surface area contributed by atoms with Crippen LogP contribution in [-0.2, 0) is 14.8 Å². The van der Waals surface area contributed by atoms with E-state index in [1.54, 1.807) is 23.9 Å². The molecule has 0 atom stereocenters. The zero-order valence-electron chi connectivity index (χ0n) is 15.9. The monoisotopic (exact) mass is 462 g/mol. The molecule has 1 aliphatic heterocycles. The van der Waals surface area contributed by atoms with Crippen LogP contribution in [0.25, 0.3) is 10.2 Å². The van der Waals surface area contributed by atoms with Gasteiger partial charge in [-0.1, -0.05) is 17.8 Å². The SMILES string of the molecule is CSc1nc2ccc(NC(=O)c3cccc(S(=O)(=O)N4CCNC(=O)C4)c3)cc2s1. The largest absolute Gasteiger partial charge is 0.354 e. The first-order chi connectivity index (χ1) is 14.4. The molecule has 30 heavy (non-hydrogen) atoms. The Morgan fingerprint density at radius 3 is 2.87 bits per heavy atom. The summed E-state index contributed by atoms with van der Waals surface area (Å²) in [4.78, 5) is 28.7. The summed E-state index contributed by atoms with van der Waals surface area (Å²) in [6.07, 6.45) is 1.96. The Bertz CT molecular complexity index is 1240. The van der Waals surface area contributed by atoms with E-state index in [-0.39, 0.29) is 36.0 Å². The predicted molar refractivity (Wildman–Crippen MR) is 118 cm³/mol. The smallest absolute Gasteiger partial charge is 0.255 e. The summed E-state index contributed by atoms with van der Waals surface area (Å²) in [6, 6.07) is 11.3. The van der Waals surface area contributed by atoms with Gasteiger partial charge in [0, 0.05) is 24.3 Å². The van der Waals surface area contributed by atoms with E-state index in [4.69, 9.17) is 0 Å². The molecule has 3 aromatic rings. The Labute approximate surface area is 181 Å². The van der Waals surface area contributed by atoms with Gasteiger partial charge in [0.1, 0.15) is 0 Å². The summed E-state index contributed by atoms with van der Waals surface area (Å²) in [5.74, 6) is -0.765. The van der Waals surface area contributed by atoms with Crippen molar-refractivity contribution in [1.29, 1.82) is 0 Å². The fourth-order valence-corrected chi connectivity index (χ4v) is 6.01. The Morgan fingerprint density at radius 1 is 1.27 bits per heavy atom. The number of thiazole rings is 1. The molecule has 4 rings (SSSR count). The van der Waals surface area contributed by atoms with Crippen molar-refractivity contribution in [3.05, 3.63) is 48.0 Å². The highest BCUT2D eigenvalue weighted by atomic mass is 32.2. The molecule has 2 N–H and O–H groups in total. The van der Waals surface area contributed by atoms with Gasteiger partial charge in [-0.25, -0.2) is 13.4 Å². The fourth-order valence-electron chi connectivity index (χ4n) is 3.04. The minimum absolute atomic E-state index is 0.0210. The number of piperazine rings is 1. The molecular weight excluding hydrogens is 444 g/mol. The number of hydrogen-bond donors (Lipinski definition) is 2. The first kappa shape index (κ1) is 20.8. The maximum Gasteiger partial charge on any atom is 0.255 e. The van der Waals surface area contributed by atoms with Gasteiger partial charge in [-0.2, -0.15) is 4.31 Å². The lowest BCUT2D eigenvalue weighted by Crippen LogP contribution is -2.49. The number of nitrogens with one attached hydrogen (secondary N) is 2. The molecule has 8 nitrogen and oxygen atoms in total. The molecule has 156 valence electrons. The van der Waals surface area contributed by atoms with Gasteiger partial charge in [0.2, 0.25) is 15.9 Å². The summed E-state index contributed by atoms with van der Waals surface area (Å²) in [7, 11) is -3.87. The van der Waals surface area contributed by atoms with Crippen LogP contribution in [0.5, 0.6) is 0 Å². The molecule has 11 heteroatoms. The number of carbonyl (C=O) groups excluding carboxylic acids is 2. The number of rotatable bonds is 5. The topological polar surface area (TPSA) is 108 Å². The lowest BCUT2D eigenvalue weighted by Gasteiger charge is -2.26. The second-order valence-electron chi connectivity index (χ2n) is 6.54. The average Bonchev–Trinajstić information content (AvgIpc) is 3.16. The molecule has 0 spiro atoms. The zero-order chi connectivity index (χ0) is 21.3. The molecule has 0 saturated carbocycles. The van der Waals surface area contributed by atoms with E-state index in [0.29, 0.717) is 5.69 Å². The van der Waals surface area contributed by atoms with E-state index < -0.39 is 15.9 Å². The quantitative estimate of drug-likeness (QED) is 0.564. The van der Waals surface area contributed by atoms with Gasteiger partial charge in [0.05, 0.1) is 21.7 Å². The molecule has 1 aromatic heterocycles. The molecule has 0 bridgehead atoms. The second kappa shape index (κ2) is 8.34. The van der Waals surface area contributed by atoms with Crippen LogP contribution >= 0.6 is 23.1 Å². The molecule has 1 saturated heterocycles. The number of thioether (sulfide) groups is 1. The van der Waals surface area contributed by atoms with E-state index in [0.717, 1.165) is 18.9 Å². The third-order valence-electron chi connectivity index (χ3n) is 4.54. The summed E-state index contributed by atoms with van der Waals surface area (Å²) in [5, 5.41) is 5.40. The number of sulfonamides is 1. The molecule has 1 fully saturated rings. The van der Waals surface area contributed by atoms with Crippen LogP contribution < -0.4 is 10.6 Å². The lowest BCUT2D eigenvalue weighted by molar-refractivity contribution is -0.122. The van der Waals surface area contributed by atoms with Crippen molar-refractivity contribution >= 4 is 60.8 Å². The number of hydrogen-bond acceptors (Lipinski definition) is 7. The molecule has 2 heterocycles. The third kappa shape index (κ3) is 4.19. The number of nitrogens with zero attached hydrogens (tertiary/aromatic N) is 2. The Morgan fingerprint density at radius 2 is 2.10 bits per heavy atom. The van der Waals surface area contributed by atoms with Gasteiger partial charge in [-0.05, 0) is 42.7 Å². The predicted octanol–water partition coefficient (Wildman–Crippen LogP) is 2.39.